The van der Waals surface area contributed by atoms with Crippen molar-refractivity contribution in [2.45, 2.75) is 18.7 Å². The second-order valence-electron chi connectivity index (χ2n) is 7.43. The number of hydrogen-bond donors (Lipinski definition) is 0. The summed E-state index contributed by atoms with van der Waals surface area (Å²) >= 11 is 1.71. The lowest BCUT2D eigenvalue weighted by Gasteiger charge is -2.35. The maximum atomic E-state index is 13.1. The zero-order valence-corrected chi connectivity index (χ0v) is 19.3. The number of piperazine rings is 1. The van der Waals surface area contributed by atoms with E-state index in [1.54, 1.807) is 18.1 Å². The smallest absolute Gasteiger partial charge is 0.255 e. The summed E-state index contributed by atoms with van der Waals surface area (Å²) in [5, 5.41) is 0. The van der Waals surface area contributed by atoms with E-state index in [2.05, 4.69) is 21.8 Å². The maximum Gasteiger partial charge on any atom is 0.255 e. The summed E-state index contributed by atoms with van der Waals surface area (Å²) in [6, 6.07) is 17.8. The summed E-state index contributed by atoms with van der Waals surface area (Å²) in [5.41, 5.74) is 2.70. The lowest BCUT2D eigenvalue weighted by Crippen LogP contribution is -2.49. The molecule has 0 saturated carbocycles. The Balaban J connectivity index is 1.42. The van der Waals surface area contributed by atoms with Crippen molar-refractivity contribution in [1.29, 1.82) is 0 Å². The van der Waals surface area contributed by atoms with Crippen LogP contribution in [0.2, 0.25) is 0 Å². The van der Waals surface area contributed by atoms with E-state index in [0.717, 1.165) is 52.1 Å². The van der Waals surface area contributed by atoms with Crippen LogP contribution in [-0.2, 0) is 0 Å². The molecule has 2 heterocycles. The van der Waals surface area contributed by atoms with Crippen molar-refractivity contribution < 1.29 is 9.53 Å². The van der Waals surface area contributed by atoms with Crippen molar-refractivity contribution in [3.8, 4) is 17.0 Å². The molecule has 0 atom stereocenters. The number of thioether (sulfide) groups is 1. The molecule has 0 N–H and O–H groups in total. The third-order valence-corrected chi connectivity index (χ3v) is 6.38. The van der Waals surface area contributed by atoms with Crippen molar-refractivity contribution >= 4 is 23.5 Å². The van der Waals surface area contributed by atoms with Gasteiger partial charge in [-0.05, 0) is 49.1 Å². The van der Waals surface area contributed by atoms with Crippen molar-refractivity contribution in [3.05, 3.63) is 66.5 Å². The van der Waals surface area contributed by atoms with Crippen LogP contribution in [0.3, 0.4) is 0 Å². The highest BCUT2D eigenvalue weighted by Gasteiger charge is 2.24. The first-order valence-corrected chi connectivity index (χ1v) is 12.0. The van der Waals surface area contributed by atoms with E-state index in [-0.39, 0.29) is 5.91 Å². The quantitative estimate of drug-likeness (QED) is 0.492. The summed E-state index contributed by atoms with van der Waals surface area (Å²) in [7, 11) is 0. The van der Waals surface area contributed by atoms with E-state index in [0.29, 0.717) is 19.7 Å². The maximum absolute atomic E-state index is 13.1. The molecule has 4 rings (SSSR count). The SMILES string of the molecule is CCOc1ccc(-c2cc(N3CCN(C(=O)c4ccccc4SCC)CC3)ncn2)cc1. The molecule has 1 aliphatic heterocycles. The number of carbonyl (C=O) groups is 1. The van der Waals surface area contributed by atoms with Gasteiger partial charge in [0, 0.05) is 42.7 Å². The predicted molar refractivity (Wildman–Crippen MR) is 130 cm³/mol. The van der Waals surface area contributed by atoms with Crippen molar-refractivity contribution in [2.24, 2.45) is 0 Å². The highest BCUT2D eigenvalue weighted by atomic mass is 32.2. The fourth-order valence-electron chi connectivity index (χ4n) is 3.80. The van der Waals surface area contributed by atoms with Gasteiger partial charge < -0.3 is 14.5 Å². The molecule has 0 aliphatic carbocycles. The van der Waals surface area contributed by atoms with Crippen LogP contribution in [0.4, 0.5) is 5.82 Å². The summed E-state index contributed by atoms with van der Waals surface area (Å²) in [6.07, 6.45) is 1.61. The van der Waals surface area contributed by atoms with Crippen LogP contribution in [0.1, 0.15) is 24.2 Å². The van der Waals surface area contributed by atoms with Crippen LogP contribution in [-0.4, -0.2) is 59.3 Å². The molecular formula is C25H28N4O2S. The van der Waals surface area contributed by atoms with Crippen LogP contribution in [0, 0.1) is 0 Å². The molecule has 1 aliphatic rings. The lowest BCUT2D eigenvalue weighted by molar-refractivity contribution is 0.0743. The van der Waals surface area contributed by atoms with Gasteiger partial charge in [-0.2, -0.15) is 0 Å². The Bertz CT molecular complexity index is 1050. The summed E-state index contributed by atoms with van der Waals surface area (Å²) in [5.74, 6) is 2.80. The number of benzene rings is 2. The highest BCUT2D eigenvalue weighted by molar-refractivity contribution is 7.99. The Labute approximate surface area is 193 Å². The number of hydrogen-bond acceptors (Lipinski definition) is 6. The van der Waals surface area contributed by atoms with Gasteiger partial charge in [-0.25, -0.2) is 9.97 Å². The van der Waals surface area contributed by atoms with Gasteiger partial charge in [0.2, 0.25) is 0 Å². The Hall–Kier alpha value is -3.06. The van der Waals surface area contributed by atoms with E-state index in [1.165, 1.54) is 0 Å². The molecule has 1 fully saturated rings. The third-order valence-electron chi connectivity index (χ3n) is 5.42. The standard InChI is InChI=1S/C25H28N4O2S/c1-3-31-20-11-9-19(10-12-20)22-17-24(27-18-26-22)28-13-15-29(16-14-28)25(30)21-7-5-6-8-23(21)32-4-2/h5-12,17-18H,3-4,13-16H2,1-2H3. The Morgan fingerprint density at radius 3 is 2.47 bits per heavy atom. The zero-order chi connectivity index (χ0) is 22.3. The normalized spacial score (nSPS) is 13.8. The Kier molecular flexibility index (Phi) is 7.27. The molecular weight excluding hydrogens is 420 g/mol. The van der Waals surface area contributed by atoms with Crippen molar-refractivity contribution in [3.63, 3.8) is 0 Å². The Morgan fingerprint density at radius 1 is 1.00 bits per heavy atom. The largest absolute Gasteiger partial charge is 0.494 e. The number of nitrogens with zero attached hydrogens (tertiary/aromatic N) is 4. The van der Waals surface area contributed by atoms with E-state index < -0.39 is 0 Å². The molecule has 0 radical (unpaired) electrons. The van der Waals surface area contributed by atoms with Gasteiger partial charge in [-0.3, -0.25) is 4.79 Å². The van der Waals surface area contributed by atoms with Gasteiger partial charge in [-0.1, -0.05) is 19.1 Å². The predicted octanol–water partition coefficient (Wildman–Crippen LogP) is 4.62. The number of rotatable bonds is 7. The minimum absolute atomic E-state index is 0.110. The topological polar surface area (TPSA) is 58.6 Å². The second-order valence-corrected chi connectivity index (χ2v) is 8.73. The number of amides is 1. The number of ether oxygens (including phenoxy) is 1. The van der Waals surface area contributed by atoms with Crippen molar-refractivity contribution in [1.82, 2.24) is 14.9 Å². The average Bonchev–Trinajstić information content (AvgIpc) is 2.85. The van der Waals surface area contributed by atoms with Crippen LogP contribution < -0.4 is 9.64 Å². The molecule has 0 unspecified atom stereocenters. The van der Waals surface area contributed by atoms with Crippen molar-refractivity contribution in [2.75, 3.05) is 43.4 Å². The highest BCUT2D eigenvalue weighted by Crippen LogP contribution is 2.26. The molecule has 1 saturated heterocycles. The third kappa shape index (κ3) is 5.05. The molecule has 1 aromatic heterocycles. The lowest BCUT2D eigenvalue weighted by atomic mass is 10.1. The molecule has 3 aromatic rings. The number of aromatic nitrogens is 2. The zero-order valence-electron chi connectivity index (χ0n) is 18.5. The number of carbonyl (C=O) groups excluding carboxylic acids is 1. The van der Waals surface area contributed by atoms with Crippen LogP contribution in [0.25, 0.3) is 11.3 Å². The molecule has 2 aromatic carbocycles. The first-order chi connectivity index (χ1) is 15.7. The van der Waals surface area contributed by atoms with E-state index in [4.69, 9.17) is 4.74 Å². The minimum atomic E-state index is 0.110. The Morgan fingerprint density at radius 2 is 1.75 bits per heavy atom. The molecule has 6 nitrogen and oxygen atoms in total. The van der Waals surface area contributed by atoms with E-state index in [9.17, 15) is 4.79 Å². The summed E-state index contributed by atoms with van der Waals surface area (Å²) in [6.45, 7) is 7.56. The summed E-state index contributed by atoms with van der Waals surface area (Å²) < 4.78 is 5.52. The molecule has 1 amide bonds. The summed E-state index contributed by atoms with van der Waals surface area (Å²) in [4.78, 5) is 27.3. The molecule has 32 heavy (non-hydrogen) atoms. The fourth-order valence-corrected chi connectivity index (χ4v) is 4.60. The van der Waals surface area contributed by atoms with E-state index >= 15 is 0 Å². The number of anilines is 1. The van der Waals surface area contributed by atoms with Crippen LogP contribution in [0.5, 0.6) is 5.75 Å². The second kappa shape index (κ2) is 10.5. The van der Waals surface area contributed by atoms with Gasteiger partial charge in [-0.15, -0.1) is 11.8 Å². The van der Waals surface area contributed by atoms with E-state index in [1.807, 2.05) is 66.4 Å². The monoisotopic (exact) mass is 448 g/mol. The van der Waals surface area contributed by atoms with Crippen LogP contribution >= 0.6 is 11.8 Å². The van der Waals surface area contributed by atoms with Gasteiger partial charge in [0.25, 0.3) is 5.91 Å². The molecule has 7 heteroatoms. The van der Waals surface area contributed by atoms with Gasteiger partial charge >= 0.3 is 0 Å². The van der Waals surface area contributed by atoms with Gasteiger partial charge in [0.15, 0.2) is 0 Å². The van der Waals surface area contributed by atoms with Gasteiger partial charge in [0.1, 0.15) is 17.9 Å². The first-order valence-electron chi connectivity index (χ1n) is 11.0. The fraction of sp³-hybridized carbons (Fsp3) is 0.320. The molecule has 0 bridgehead atoms. The van der Waals surface area contributed by atoms with Gasteiger partial charge in [0.05, 0.1) is 17.9 Å². The van der Waals surface area contributed by atoms with Crippen LogP contribution in [0.15, 0.2) is 65.8 Å². The minimum Gasteiger partial charge on any atom is -0.494 e. The average molecular weight is 449 g/mol. The first kappa shape index (κ1) is 22.1. The molecule has 0 spiro atoms. The molecule has 166 valence electrons.